The predicted molar refractivity (Wildman–Crippen MR) is 198 cm³/mol. The zero-order valence-electron chi connectivity index (χ0n) is 31.4. The number of fused-ring (bicyclic) bond motifs is 2. The number of rotatable bonds is 27. The van der Waals surface area contributed by atoms with Crippen LogP contribution in [0.1, 0.15) is 36.7 Å². The molecule has 23 heteroatoms. The van der Waals surface area contributed by atoms with Crippen LogP contribution in [0.5, 0.6) is 11.5 Å². The SMILES string of the molecule is CCn1nc(C(=O)NCCNC(=O)CN(CCN(CCN(CC(=O)O)CC(=O)NC(CCCCN)C(=O)O)CC(=O)O)CC(=O)O)c(=O)c2cc3c(cc21)OCO3. The van der Waals surface area contributed by atoms with Crippen LogP contribution in [0.4, 0.5) is 0 Å². The van der Waals surface area contributed by atoms with Crippen molar-refractivity contribution in [2.75, 3.05) is 85.3 Å². The molecule has 2 aromatic rings. The Morgan fingerprint density at radius 2 is 1.33 bits per heavy atom. The lowest BCUT2D eigenvalue weighted by molar-refractivity contribution is -0.143. The van der Waals surface area contributed by atoms with Crippen molar-refractivity contribution in [3.63, 3.8) is 0 Å². The number of aromatic nitrogens is 2. The van der Waals surface area contributed by atoms with Gasteiger partial charge in [-0.25, -0.2) is 4.79 Å². The molecule has 3 amide bonds. The lowest BCUT2D eigenvalue weighted by Crippen LogP contribution is -2.49. The Morgan fingerprint density at radius 3 is 1.89 bits per heavy atom. The summed E-state index contributed by atoms with van der Waals surface area (Å²) in [6.45, 7) is -0.831. The minimum atomic E-state index is -1.29. The summed E-state index contributed by atoms with van der Waals surface area (Å²) < 4.78 is 12.2. The van der Waals surface area contributed by atoms with Crippen molar-refractivity contribution >= 4 is 52.5 Å². The van der Waals surface area contributed by atoms with Crippen LogP contribution < -0.4 is 36.6 Å². The highest BCUT2D eigenvalue weighted by atomic mass is 16.7. The first-order valence-electron chi connectivity index (χ1n) is 18.1. The van der Waals surface area contributed by atoms with Crippen molar-refractivity contribution in [2.24, 2.45) is 5.73 Å². The summed E-state index contributed by atoms with van der Waals surface area (Å²) in [6, 6.07) is 1.88. The van der Waals surface area contributed by atoms with Gasteiger partial charge >= 0.3 is 23.9 Å². The van der Waals surface area contributed by atoms with Gasteiger partial charge in [0.25, 0.3) is 5.91 Å². The van der Waals surface area contributed by atoms with Gasteiger partial charge in [-0.2, -0.15) is 5.10 Å². The minimum absolute atomic E-state index is 0.00949. The molecular weight excluding hydrogens is 758 g/mol. The van der Waals surface area contributed by atoms with E-state index in [1.807, 2.05) is 0 Å². The number of hydrogen-bond donors (Lipinski definition) is 8. The van der Waals surface area contributed by atoms with Crippen molar-refractivity contribution in [1.29, 1.82) is 0 Å². The van der Waals surface area contributed by atoms with E-state index in [4.69, 9.17) is 15.2 Å². The molecule has 0 spiro atoms. The van der Waals surface area contributed by atoms with Gasteiger partial charge in [0.15, 0.2) is 17.2 Å². The Labute approximate surface area is 325 Å². The second-order valence-electron chi connectivity index (χ2n) is 12.9. The fourth-order valence-corrected chi connectivity index (χ4v) is 5.82. The molecule has 9 N–H and O–H groups in total. The quantitative estimate of drug-likeness (QED) is 0.0413. The second-order valence-corrected chi connectivity index (χ2v) is 12.9. The molecule has 0 bridgehead atoms. The number of carbonyl (C=O) groups excluding carboxylic acids is 3. The zero-order valence-corrected chi connectivity index (χ0v) is 31.4. The monoisotopic (exact) mass is 807 g/mol. The highest BCUT2D eigenvalue weighted by Crippen LogP contribution is 2.35. The van der Waals surface area contributed by atoms with E-state index in [0.717, 1.165) is 0 Å². The summed E-state index contributed by atoms with van der Waals surface area (Å²) in [5.74, 6) is -6.43. The number of carbonyl (C=O) groups is 7. The number of aryl methyl sites for hydroxylation is 1. The van der Waals surface area contributed by atoms with Crippen LogP contribution in [0.3, 0.4) is 0 Å². The van der Waals surface area contributed by atoms with Crippen LogP contribution in [-0.4, -0.2) is 178 Å². The fraction of sp³-hybridized carbons (Fsp3) is 0.559. The predicted octanol–water partition coefficient (Wildman–Crippen LogP) is -3.15. The maximum absolute atomic E-state index is 13.2. The van der Waals surface area contributed by atoms with Gasteiger partial charge in [-0.3, -0.25) is 52.9 Å². The Kier molecular flexibility index (Phi) is 18.0. The second kappa shape index (κ2) is 22.6. The average Bonchev–Trinajstić information content (AvgIpc) is 3.60. The van der Waals surface area contributed by atoms with Gasteiger partial charge < -0.3 is 51.6 Å². The third-order valence-electron chi connectivity index (χ3n) is 8.55. The molecule has 1 aromatic carbocycles. The molecule has 1 aliphatic rings. The Morgan fingerprint density at radius 1 is 0.789 bits per heavy atom. The fourth-order valence-electron chi connectivity index (χ4n) is 5.82. The van der Waals surface area contributed by atoms with E-state index >= 15 is 0 Å². The molecule has 1 unspecified atom stereocenters. The highest BCUT2D eigenvalue weighted by Gasteiger charge is 2.24. The van der Waals surface area contributed by atoms with Gasteiger partial charge in [0.1, 0.15) is 6.04 Å². The van der Waals surface area contributed by atoms with Crippen LogP contribution in [0, 0.1) is 0 Å². The Hall–Kier alpha value is -5.91. The molecule has 2 heterocycles. The van der Waals surface area contributed by atoms with Crippen molar-refractivity contribution in [2.45, 2.75) is 38.8 Å². The van der Waals surface area contributed by atoms with Gasteiger partial charge in [-0.15, -0.1) is 0 Å². The van der Waals surface area contributed by atoms with Gasteiger partial charge in [0.05, 0.1) is 43.6 Å². The van der Waals surface area contributed by atoms with Gasteiger partial charge in [-0.05, 0) is 38.8 Å². The molecule has 3 rings (SSSR count). The summed E-state index contributed by atoms with van der Waals surface area (Å²) in [7, 11) is 0. The molecule has 1 atom stereocenters. The van der Waals surface area contributed by atoms with E-state index in [0.29, 0.717) is 42.9 Å². The third kappa shape index (κ3) is 14.9. The van der Waals surface area contributed by atoms with E-state index in [1.165, 1.54) is 25.4 Å². The largest absolute Gasteiger partial charge is 0.480 e. The van der Waals surface area contributed by atoms with E-state index in [2.05, 4.69) is 21.0 Å². The van der Waals surface area contributed by atoms with Crippen LogP contribution >= 0.6 is 0 Å². The first kappa shape index (κ1) is 45.5. The molecule has 0 fully saturated rings. The van der Waals surface area contributed by atoms with E-state index in [9.17, 15) is 58.8 Å². The smallest absolute Gasteiger partial charge is 0.326 e. The van der Waals surface area contributed by atoms with E-state index < -0.39 is 85.8 Å². The lowest BCUT2D eigenvalue weighted by atomic mass is 10.1. The van der Waals surface area contributed by atoms with Crippen molar-refractivity contribution < 1.29 is 63.5 Å². The number of unbranched alkanes of at least 4 members (excludes halogenated alkanes) is 1. The Bertz CT molecular complexity index is 1840. The minimum Gasteiger partial charge on any atom is -0.480 e. The van der Waals surface area contributed by atoms with Crippen molar-refractivity contribution in [3.8, 4) is 11.5 Å². The van der Waals surface area contributed by atoms with Crippen molar-refractivity contribution in [1.82, 2.24) is 40.4 Å². The van der Waals surface area contributed by atoms with E-state index in [-0.39, 0.29) is 63.6 Å². The van der Waals surface area contributed by atoms with Crippen LogP contribution in [0.25, 0.3) is 10.9 Å². The summed E-state index contributed by atoms with van der Waals surface area (Å²) in [4.78, 5) is 102. The standard InChI is InChI=1S/C34H49N9O14/c1-2-43-23-14-25-24(56-20-57-25)13-21(23)32(52)31(39-43)33(53)37-8-7-36-26(44)15-41(18-29(48)49)11-9-40(17-28(46)47)10-12-42(19-30(50)51)16-27(45)38-22(34(54)55)5-3-4-6-35/h13-14,22H,2-12,15-20,35H2,1H3,(H,36,44)(H,37,53)(H,38,45)(H,46,47)(H,48,49)(H,50,51)(H,54,55). The van der Waals surface area contributed by atoms with Gasteiger partial charge in [0, 0.05) is 51.9 Å². The number of amides is 3. The van der Waals surface area contributed by atoms with Gasteiger partial charge in [0.2, 0.25) is 24.0 Å². The molecule has 1 aliphatic heterocycles. The van der Waals surface area contributed by atoms with E-state index in [1.54, 1.807) is 13.0 Å². The van der Waals surface area contributed by atoms with Gasteiger partial charge in [-0.1, -0.05) is 0 Å². The molecule has 1 aromatic heterocycles. The Balaban J connectivity index is 1.54. The number of nitrogens with zero attached hydrogens (tertiary/aromatic N) is 5. The molecule has 0 saturated heterocycles. The normalized spacial score (nSPS) is 12.5. The molecule has 0 saturated carbocycles. The maximum Gasteiger partial charge on any atom is 0.326 e. The number of benzene rings is 1. The maximum atomic E-state index is 13.2. The third-order valence-corrected chi connectivity index (χ3v) is 8.55. The summed E-state index contributed by atoms with van der Waals surface area (Å²) >= 11 is 0. The number of nitrogens with one attached hydrogen (secondary N) is 3. The van der Waals surface area contributed by atoms with Crippen molar-refractivity contribution in [3.05, 3.63) is 28.0 Å². The van der Waals surface area contributed by atoms with Crippen LogP contribution in [0.2, 0.25) is 0 Å². The number of ether oxygens (including phenoxy) is 2. The molecule has 314 valence electrons. The topological polar surface area (TPSA) is 326 Å². The number of carboxylic acid groups (broad SMARTS) is 4. The number of carboxylic acids is 4. The van der Waals surface area contributed by atoms with Crippen LogP contribution in [0.15, 0.2) is 16.9 Å². The summed E-state index contributed by atoms with van der Waals surface area (Å²) in [6.07, 6.45) is 1.11. The highest BCUT2D eigenvalue weighted by molar-refractivity contribution is 5.96. The summed E-state index contributed by atoms with van der Waals surface area (Å²) in [5, 5.41) is 49.6. The van der Waals surface area contributed by atoms with Crippen LogP contribution in [-0.2, 0) is 35.3 Å². The first-order valence-corrected chi connectivity index (χ1v) is 18.1. The summed E-state index contributed by atoms with van der Waals surface area (Å²) in [5.41, 5.74) is 4.89. The molecule has 57 heavy (non-hydrogen) atoms. The first-order chi connectivity index (χ1) is 27.1. The number of nitrogens with two attached hydrogens (primary N) is 1. The zero-order chi connectivity index (χ0) is 42.1. The number of aliphatic carboxylic acids is 4. The number of hydrogen-bond acceptors (Lipinski definition) is 15. The molecular formula is C34H49N9O14. The molecule has 23 nitrogen and oxygen atoms in total. The lowest BCUT2D eigenvalue weighted by Gasteiger charge is -2.28. The molecule has 0 radical (unpaired) electrons. The average molecular weight is 808 g/mol. The molecule has 0 aliphatic carbocycles.